The molecular formula is C13H21NS. The van der Waals surface area contributed by atoms with Crippen molar-refractivity contribution in [3.05, 3.63) is 22.4 Å². The number of nitrogens with one attached hydrogen (secondary N) is 1. The van der Waals surface area contributed by atoms with Crippen molar-refractivity contribution < 1.29 is 0 Å². The van der Waals surface area contributed by atoms with Crippen LogP contribution in [0.4, 0.5) is 0 Å². The predicted molar refractivity (Wildman–Crippen MR) is 67.5 cm³/mol. The fourth-order valence-corrected chi connectivity index (χ4v) is 3.18. The first kappa shape index (κ1) is 11.2. The van der Waals surface area contributed by atoms with Crippen molar-refractivity contribution in [1.29, 1.82) is 0 Å². The largest absolute Gasteiger partial charge is 0.316 e. The van der Waals surface area contributed by atoms with E-state index >= 15 is 0 Å². The molecule has 0 radical (unpaired) electrons. The molecule has 15 heavy (non-hydrogen) atoms. The Bertz CT molecular complexity index is 304. The van der Waals surface area contributed by atoms with Crippen molar-refractivity contribution in [2.45, 2.75) is 32.6 Å². The minimum Gasteiger partial charge on any atom is -0.316 e. The second kappa shape index (κ2) is 4.26. The normalized spacial score (nSPS) is 29.7. The molecule has 1 fully saturated rings. The van der Waals surface area contributed by atoms with Crippen LogP contribution in [0.1, 0.15) is 32.1 Å². The standard InChI is InChI=1S/C13H21NS/c1-10(2)8-14-9-11-7-13(11,3)12-5-4-6-15-12/h4-6,10-11,14H,7-9H2,1-3H3. The van der Waals surface area contributed by atoms with Crippen LogP contribution in [0.3, 0.4) is 0 Å². The summed E-state index contributed by atoms with van der Waals surface area (Å²) < 4.78 is 0. The zero-order valence-corrected chi connectivity index (χ0v) is 10.7. The molecule has 2 atom stereocenters. The first-order valence-corrected chi connectivity index (χ1v) is 6.75. The van der Waals surface area contributed by atoms with Gasteiger partial charge in [0.2, 0.25) is 0 Å². The van der Waals surface area contributed by atoms with Crippen LogP contribution in [0.15, 0.2) is 17.5 Å². The van der Waals surface area contributed by atoms with Gasteiger partial charge in [0, 0.05) is 10.3 Å². The van der Waals surface area contributed by atoms with Gasteiger partial charge in [-0.3, -0.25) is 0 Å². The van der Waals surface area contributed by atoms with Gasteiger partial charge < -0.3 is 5.32 Å². The molecule has 0 saturated heterocycles. The maximum Gasteiger partial charge on any atom is 0.0108 e. The summed E-state index contributed by atoms with van der Waals surface area (Å²) in [4.78, 5) is 1.57. The first-order valence-electron chi connectivity index (χ1n) is 5.87. The summed E-state index contributed by atoms with van der Waals surface area (Å²) in [6.07, 6.45) is 1.36. The molecule has 0 bridgehead atoms. The average Bonchev–Trinajstić information content (AvgIpc) is 2.68. The number of rotatable bonds is 5. The molecule has 0 aliphatic heterocycles. The van der Waals surface area contributed by atoms with Crippen molar-refractivity contribution in [3.63, 3.8) is 0 Å². The molecule has 1 aromatic heterocycles. The zero-order chi connectivity index (χ0) is 10.9. The Balaban J connectivity index is 1.80. The second-order valence-corrected chi connectivity index (χ2v) is 6.30. The summed E-state index contributed by atoms with van der Waals surface area (Å²) in [5, 5.41) is 5.76. The van der Waals surface area contributed by atoms with E-state index in [1.54, 1.807) is 4.88 Å². The van der Waals surface area contributed by atoms with Gasteiger partial charge in [-0.25, -0.2) is 0 Å². The lowest BCUT2D eigenvalue weighted by molar-refractivity contribution is 0.517. The van der Waals surface area contributed by atoms with Gasteiger partial charge in [-0.1, -0.05) is 26.8 Å². The maximum absolute atomic E-state index is 3.57. The van der Waals surface area contributed by atoms with E-state index < -0.39 is 0 Å². The van der Waals surface area contributed by atoms with Crippen LogP contribution in [-0.4, -0.2) is 13.1 Å². The Morgan fingerprint density at radius 2 is 2.40 bits per heavy atom. The van der Waals surface area contributed by atoms with Crippen molar-refractivity contribution in [3.8, 4) is 0 Å². The quantitative estimate of drug-likeness (QED) is 0.808. The molecule has 1 heterocycles. The Kier molecular flexibility index (Phi) is 3.17. The molecule has 2 unspecified atom stereocenters. The Morgan fingerprint density at radius 1 is 1.60 bits per heavy atom. The van der Waals surface area contributed by atoms with Gasteiger partial charge in [0.25, 0.3) is 0 Å². The highest BCUT2D eigenvalue weighted by Crippen LogP contribution is 2.54. The van der Waals surface area contributed by atoms with Gasteiger partial charge in [-0.05, 0) is 42.8 Å². The van der Waals surface area contributed by atoms with E-state index in [-0.39, 0.29) is 0 Å². The fraction of sp³-hybridized carbons (Fsp3) is 0.692. The number of hydrogen-bond donors (Lipinski definition) is 1. The molecule has 0 aromatic carbocycles. The maximum atomic E-state index is 3.57. The molecule has 2 rings (SSSR count). The van der Waals surface area contributed by atoms with E-state index in [0.29, 0.717) is 5.41 Å². The second-order valence-electron chi connectivity index (χ2n) is 5.35. The third-order valence-corrected chi connectivity index (χ3v) is 4.59. The topological polar surface area (TPSA) is 12.0 Å². The van der Waals surface area contributed by atoms with Gasteiger partial charge in [-0.15, -0.1) is 11.3 Å². The summed E-state index contributed by atoms with van der Waals surface area (Å²) >= 11 is 1.91. The first-order chi connectivity index (χ1) is 7.13. The molecule has 2 heteroatoms. The molecule has 0 spiro atoms. The molecule has 84 valence electrons. The summed E-state index contributed by atoms with van der Waals surface area (Å²) in [6.45, 7) is 9.26. The molecule has 1 N–H and O–H groups in total. The SMILES string of the molecule is CC(C)CNCC1CC1(C)c1cccs1. The van der Waals surface area contributed by atoms with E-state index in [1.165, 1.54) is 13.0 Å². The van der Waals surface area contributed by atoms with E-state index in [2.05, 4.69) is 43.6 Å². The van der Waals surface area contributed by atoms with Gasteiger partial charge in [0.05, 0.1) is 0 Å². The zero-order valence-electron chi connectivity index (χ0n) is 9.92. The van der Waals surface area contributed by atoms with Gasteiger partial charge in [-0.2, -0.15) is 0 Å². The van der Waals surface area contributed by atoms with Crippen LogP contribution in [0.5, 0.6) is 0 Å². The van der Waals surface area contributed by atoms with Crippen molar-refractivity contribution in [1.82, 2.24) is 5.32 Å². The molecular weight excluding hydrogens is 202 g/mol. The number of thiophene rings is 1. The Labute approximate surface area is 96.9 Å². The van der Waals surface area contributed by atoms with E-state index in [4.69, 9.17) is 0 Å². The van der Waals surface area contributed by atoms with Crippen LogP contribution in [0.2, 0.25) is 0 Å². The number of hydrogen-bond acceptors (Lipinski definition) is 2. The lowest BCUT2D eigenvalue weighted by Crippen LogP contribution is -2.24. The van der Waals surface area contributed by atoms with Crippen molar-refractivity contribution in [2.75, 3.05) is 13.1 Å². The Morgan fingerprint density at radius 3 is 3.00 bits per heavy atom. The van der Waals surface area contributed by atoms with Crippen LogP contribution >= 0.6 is 11.3 Å². The third-order valence-electron chi connectivity index (χ3n) is 3.44. The Hall–Kier alpha value is -0.340. The van der Waals surface area contributed by atoms with Crippen molar-refractivity contribution >= 4 is 11.3 Å². The summed E-state index contributed by atoms with van der Waals surface area (Å²) in [7, 11) is 0. The lowest BCUT2D eigenvalue weighted by atomic mass is 10.0. The summed E-state index contributed by atoms with van der Waals surface area (Å²) in [5.74, 6) is 1.62. The fourth-order valence-electron chi connectivity index (χ4n) is 2.20. The molecule has 1 aliphatic rings. The van der Waals surface area contributed by atoms with Crippen LogP contribution in [0, 0.1) is 11.8 Å². The molecule has 1 nitrogen and oxygen atoms in total. The molecule has 1 aliphatic carbocycles. The lowest BCUT2D eigenvalue weighted by Gasteiger charge is -2.10. The highest BCUT2D eigenvalue weighted by atomic mass is 32.1. The minimum absolute atomic E-state index is 0.484. The monoisotopic (exact) mass is 223 g/mol. The van der Waals surface area contributed by atoms with E-state index in [1.807, 2.05) is 11.3 Å². The van der Waals surface area contributed by atoms with Crippen LogP contribution in [0.25, 0.3) is 0 Å². The molecule has 1 saturated carbocycles. The van der Waals surface area contributed by atoms with E-state index in [9.17, 15) is 0 Å². The van der Waals surface area contributed by atoms with Gasteiger partial charge in [0.1, 0.15) is 0 Å². The van der Waals surface area contributed by atoms with Gasteiger partial charge in [0.15, 0.2) is 0 Å². The average molecular weight is 223 g/mol. The van der Waals surface area contributed by atoms with Crippen LogP contribution in [-0.2, 0) is 5.41 Å². The van der Waals surface area contributed by atoms with Crippen molar-refractivity contribution in [2.24, 2.45) is 11.8 Å². The smallest absolute Gasteiger partial charge is 0.0108 e. The predicted octanol–water partition coefficient (Wildman–Crippen LogP) is 3.27. The van der Waals surface area contributed by atoms with E-state index in [0.717, 1.165) is 18.4 Å². The summed E-state index contributed by atoms with van der Waals surface area (Å²) in [6, 6.07) is 4.45. The molecule has 1 aromatic rings. The molecule has 0 amide bonds. The third kappa shape index (κ3) is 2.43. The van der Waals surface area contributed by atoms with Crippen LogP contribution < -0.4 is 5.32 Å². The minimum atomic E-state index is 0.484. The summed E-state index contributed by atoms with van der Waals surface area (Å²) in [5.41, 5.74) is 0.484. The highest BCUT2D eigenvalue weighted by molar-refractivity contribution is 7.10. The van der Waals surface area contributed by atoms with Gasteiger partial charge >= 0.3 is 0 Å². The highest BCUT2D eigenvalue weighted by Gasteiger charge is 2.51.